The van der Waals surface area contributed by atoms with Gasteiger partial charge in [-0.05, 0) is 0 Å². The monoisotopic (exact) mass is 440 g/mol. The Morgan fingerprint density at radius 2 is 1.81 bits per heavy atom. The van der Waals surface area contributed by atoms with E-state index in [4.69, 9.17) is 23.8 Å². The minimum atomic E-state index is -5.29. The summed E-state index contributed by atoms with van der Waals surface area (Å²) < 4.78 is 31.6. The first-order valence-electron chi connectivity index (χ1n) is 8.31. The SMILES string of the molecule is CCC(C)C(C)[C@@]1(O[PH](O)(O)O)C(O)[C@H](OP(=O)(O)O)C(CO)O[C@@H]1OC. The van der Waals surface area contributed by atoms with Gasteiger partial charge in [-0.2, -0.15) is 0 Å². The van der Waals surface area contributed by atoms with Gasteiger partial charge in [0.15, 0.2) is 0 Å². The van der Waals surface area contributed by atoms with E-state index in [2.05, 4.69) is 4.52 Å². The second-order valence-electron chi connectivity index (χ2n) is 6.63. The van der Waals surface area contributed by atoms with Crippen LogP contribution in [0.25, 0.3) is 0 Å². The van der Waals surface area contributed by atoms with Gasteiger partial charge in [0.25, 0.3) is 0 Å². The van der Waals surface area contributed by atoms with Crippen LogP contribution in [0, 0.1) is 11.8 Å². The summed E-state index contributed by atoms with van der Waals surface area (Å²) in [5.74, 6) is -1.03. The van der Waals surface area contributed by atoms with Crippen molar-refractivity contribution in [3.63, 3.8) is 0 Å². The number of methoxy groups -OCH3 is 1. The molecule has 0 aliphatic carbocycles. The summed E-state index contributed by atoms with van der Waals surface area (Å²) in [4.78, 5) is 47.0. The maximum absolute atomic E-state index is 11.3. The number of aliphatic hydroxyl groups excluding tert-OH is 2. The molecular formula is C13H30O12P2. The zero-order valence-electron chi connectivity index (χ0n) is 15.5. The average molecular weight is 440 g/mol. The molecule has 1 heterocycles. The molecule has 0 radical (unpaired) electrons. The van der Waals surface area contributed by atoms with Crippen molar-refractivity contribution < 1.29 is 57.8 Å². The molecule has 14 heteroatoms. The van der Waals surface area contributed by atoms with Crippen LogP contribution in [0.5, 0.6) is 0 Å². The van der Waals surface area contributed by atoms with Gasteiger partial charge in [0.05, 0.1) is 0 Å². The summed E-state index contributed by atoms with van der Waals surface area (Å²) in [5.41, 5.74) is -2.17. The molecule has 0 aromatic heterocycles. The maximum atomic E-state index is 11.3. The van der Waals surface area contributed by atoms with Crippen LogP contribution in [0.15, 0.2) is 0 Å². The van der Waals surface area contributed by atoms with Crippen LogP contribution in [0.2, 0.25) is 0 Å². The van der Waals surface area contributed by atoms with Crippen molar-refractivity contribution in [2.75, 3.05) is 13.7 Å². The van der Waals surface area contributed by atoms with Crippen molar-refractivity contribution in [3.05, 3.63) is 0 Å². The number of hydrogen-bond donors (Lipinski definition) is 7. The molecular weight excluding hydrogens is 410 g/mol. The van der Waals surface area contributed by atoms with Crippen molar-refractivity contribution in [1.29, 1.82) is 0 Å². The van der Waals surface area contributed by atoms with E-state index in [0.717, 1.165) is 7.11 Å². The van der Waals surface area contributed by atoms with Crippen LogP contribution in [0.4, 0.5) is 0 Å². The Morgan fingerprint density at radius 3 is 2.19 bits per heavy atom. The van der Waals surface area contributed by atoms with Crippen molar-refractivity contribution in [2.24, 2.45) is 11.8 Å². The third-order valence-corrected chi connectivity index (χ3v) is 6.13. The molecule has 7 atom stereocenters. The molecule has 0 spiro atoms. The standard InChI is InChI=1S/C13H30O12P2/c1-5-7(2)8(3)13(25-27(19,20)21)11(15)10(24-26(16,17)18)9(6-14)23-12(13)22-4/h7-12,14-15,19-21,27H,5-6H2,1-4H3,(H2,16,17,18)/t7?,8?,9?,10-,11?,12+,13-/m1/s1. The molecule has 0 amide bonds. The molecule has 0 saturated carbocycles. The van der Waals surface area contributed by atoms with Gasteiger partial charge < -0.3 is 0 Å². The summed E-state index contributed by atoms with van der Waals surface area (Å²) in [6.07, 6.45) is -6.19. The Bertz CT molecular complexity index is 522. The average Bonchev–Trinajstić information content (AvgIpc) is 2.54. The molecule has 7 N–H and O–H groups in total. The predicted molar refractivity (Wildman–Crippen MR) is 93.1 cm³/mol. The molecule has 1 rings (SSSR count). The number of phosphoric acid groups is 1. The normalized spacial score (nSPS) is 35.7. The van der Waals surface area contributed by atoms with Gasteiger partial charge in [0.1, 0.15) is 0 Å². The number of rotatable bonds is 9. The van der Waals surface area contributed by atoms with Gasteiger partial charge in [-0.1, -0.05) is 0 Å². The van der Waals surface area contributed by atoms with E-state index in [1.54, 1.807) is 13.8 Å². The number of ether oxygens (including phenoxy) is 2. The van der Waals surface area contributed by atoms with Crippen molar-refractivity contribution in [3.8, 4) is 0 Å². The zero-order chi connectivity index (χ0) is 21.2. The summed E-state index contributed by atoms with van der Waals surface area (Å²) in [6.45, 7) is 4.33. The first kappa shape index (κ1) is 25.3. The summed E-state index contributed by atoms with van der Waals surface area (Å²) in [6, 6.07) is 0. The Morgan fingerprint density at radius 1 is 1.26 bits per heavy atom. The van der Waals surface area contributed by atoms with Gasteiger partial charge in [0.2, 0.25) is 0 Å². The predicted octanol–water partition coefficient (Wildman–Crippen LogP) is -0.987. The van der Waals surface area contributed by atoms with E-state index in [1.165, 1.54) is 0 Å². The minimum absolute atomic E-state index is 0.251. The Kier molecular flexibility index (Phi) is 8.75. The summed E-state index contributed by atoms with van der Waals surface area (Å²) >= 11 is 0. The fraction of sp³-hybridized carbons (Fsp3) is 1.00. The van der Waals surface area contributed by atoms with E-state index >= 15 is 0 Å². The third kappa shape index (κ3) is 5.86. The molecule has 1 saturated heterocycles. The molecule has 0 aromatic carbocycles. The van der Waals surface area contributed by atoms with Gasteiger partial charge in [0, 0.05) is 0 Å². The second-order valence-corrected chi connectivity index (χ2v) is 9.18. The molecule has 1 aliphatic rings. The molecule has 1 aliphatic heterocycles. The van der Waals surface area contributed by atoms with Crippen LogP contribution in [0.1, 0.15) is 27.2 Å². The van der Waals surface area contributed by atoms with E-state index in [0.29, 0.717) is 6.42 Å². The quantitative estimate of drug-likeness (QED) is 0.217. The van der Waals surface area contributed by atoms with E-state index in [9.17, 15) is 29.5 Å². The summed E-state index contributed by atoms with van der Waals surface area (Å²) in [5, 5.41) is 20.4. The van der Waals surface area contributed by atoms with Gasteiger partial charge in [-0.3, -0.25) is 0 Å². The van der Waals surface area contributed by atoms with E-state index in [-0.39, 0.29) is 5.92 Å². The Labute approximate surface area is 157 Å². The van der Waals surface area contributed by atoms with Crippen LogP contribution in [-0.4, -0.2) is 78.6 Å². The van der Waals surface area contributed by atoms with E-state index in [1.807, 2.05) is 6.92 Å². The molecule has 0 bridgehead atoms. The topological polar surface area (TPSA) is 196 Å². The molecule has 12 nitrogen and oxygen atoms in total. The van der Waals surface area contributed by atoms with Crippen LogP contribution in [-0.2, 0) is 23.1 Å². The number of aliphatic hydroxyl groups is 2. The molecule has 1 fully saturated rings. The van der Waals surface area contributed by atoms with Crippen LogP contribution >= 0.6 is 16.0 Å². The Balaban J connectivity index is 3.54. The molecule has 4 unspecified atom stereocenters. The first-order valence-corrected chi connectivity index (χ1v) is 11.6. The van der Waals surface area contributed by atoms with Crippen molar-refractivity contribution in [1.82, 2.24) is 0 Å². The van der Waals surface area contributed by atoms with Gasteiger partial charge >= 0.3 is 157 Å². The number of phosphoric ester groups is 1. The summed E-state index contributed by atoms with van der Waals surface area (Å²) in [7, 11) is -9.27. The fourth-order valence-corrected chi connectivity index (χ4v) is 4.78. The van der Waals surface area contributed by atoms with Crippen LogP contribution in [0.3, 0.4) is 0 Å². The second kappa shape index (κ2) is 9.36. The van der Waals surface area contributed by atoms with Crippen molar-refractivity contribution >= 4 is 16.0 Å². The molecule has 27 heavy (non-hydrogen) atoms. The first-order chi connectivity index (χ1) is 12.2. The molecule has 164 valence electrons. The number of hydrogen-bond acceptors (Lipinski definition) is 10. The van der Waals surface area contributed by atoms with Crippen LogP contribution < -0.4 is 0 Å². The zero-order valence-corrected chi connectivity index (χ0v) is 17.4. The van der Waals surface area contributed by atoms with Gasteiger partial charge in [-0.25, -0.2) is 0 Å². The van der Waals surface area contributed by atoms with Gasteiger partial charge in [-0.15, -0.1) is 0 Å². The Hall–Kier alpha value is 0.220. The fourth-order valence-electron chi connectivity index (χ4n) is 3.33. The molecule has 0 aromatic rings. The van der Waals surface area contributed by atoms with E-state index < -0.39 is 58.7 Å². The third-order valence-electron chi connectivity index (χ3n) is 4.98. The van der Waals surface area contributed by atoms with Crippen molar-refractivity contribution in [2.45, 2.75) is 57.4 Å².